The highest BCUT2D eigenvalue weighted by Crippen LogP contribution is 2.17. The fraction of sp³-hybridized carbons (Fsp3) is 0.588. The molecule has 1 atom stereocenters. The van der Waals surface area contributed by atoms with Gasteiger partial charge in [-0.2, -0.15) is 5.10 Å². The Morgan fingerprint density at radius 2 is 2.00 bits per heavy atom. The third-order valence-corrected chi connectivity index (χ3v) is 4.09. The molecule has 1 saturated carbocycles. The van der Waals surface area contributed by atoms with Crippen LogP contribution in [0.4, 0.5) is 4.79 Å². The Labute approximate surface area is 151 Å². The summed E-state index contributed by atoms with van der Waals surface area (Å²) in [6.07, 6.45) is 3.40. The van der Waals surface area contributed by atoms with Crippen molar-refractivity contribution in [2.45, 2.75) is 64.6 Å². The van der Waals surface area contributed by atoms with Crippen LogP contribution in [0.15, 0.2) is 16.9 Å². The summed E-state index contributed by atoms with van der Waals surface area (Å²) in [4.78, 5) is 47.5. The Morgan fingerprint density at radius 1 is 1.31 bits per heavy atom. The Kier molecular flexibility index (Phi) is 6.88. The Bertz CT molecular complexity index is 724. The minimum absolute atomic E-state index is 0.0736. The zero-order valence-electron chi connectivity index (χ0n) is 15.0. The van der Waals surface area contributed by atoms with Crippen LogP contribution in [0.2, 0.25) is 0 Å². The van der Waals surface area contributed by atoms with Gasteiger partial charge < -0.3 is 10.1 Å². The van der Waals surface area contributed by atoms with Crippen molar-refractivity contribution >= 4 is 17.9 Å². The second-order valence-corrected chi connectivity index (χ2v) is 6.27. The average Bonchev–Trinajstić information content (AvgIpc) is 3.09. The SMILES string of the molecule is CCCn1nc(C(=O)OC(C)C(=O)NC(=O)NC2CCCC2)ccc1=O. The van der Waals surface area contributed by atoms with Gasteiger partial charge in [-0.25, -0.2) is 14.3 Å². The molecule has 9 heteroatoms. The minimum atomic E-state index is -1.18. The van der Waals surface area contributed by atoms with E-state index in [9.17, 15) is 19.2 Å². The highest BCUT2D eigenvalue weighted by Gasteiger charge is 2.23. The summed E-state index contributed by atoms with van der Waals surface area (Å²) in [5.41, 5.74) is -0.397. The molecule has 0 spiro atoms. The van der Waals surface area contributed by atoms with Gasteiger partial charge in [0.15, 0.2) is 11.8 Å². The van der Waals surface area contributed by atoms with E-state index in [1.807, 2.05) is 6.92 Å². The zero-order valence-corrected chi connectivity index (χ0v) is 15.0. The number of amides is 3. The molecule has 2 rings (SSSR count). The number of aryl methyl sites for hydroxylation is 1. The van der Waals surface area contributed by atoms with Crippen molar-refractivity contribution in [3.8, 4) is 0 Å². The van der Waals surface area contributed by atoms with Crippen molar-refractivity contribution in [1.29, 1.82) is 0 Å². The summed E-state index contributed by atoms with van der Waals surface area (Å²) in [6.45, 7) is 3.61. The molecule has 2 N–H and O–H groups in total. The third-order valence-electron chi connectivity index (χ3n) is 4.09. The summed E-state index contributed by atoms with van der Waals surface area (Å²) in [7, 11) is 0. The number of aromatic nitrogens is 2. The van der Waals surface area contributed by atoms with Gasteiger partial charge in [0.1, 0.15) is 0 Å². The molecule has 1 aromatic rings. The first-order chi connectivity index (χ1) is 12.4. The van der Waals surface area contributed by atoms with Crippen molar-refractivity contribution in [3.05, 3.63) is 28.2 Å². The second kappa shape index (κ2) is 9.12. The Balaban J connectivity index is 1.89. The Hall–Kier alpha value is -2.71. The molecule has 1 aliphatic carbocycles. The van der Waals surface area contributed by atoms with E-state index in [1.165, 1.54) is 19.1 Å². The maximum atomic E-state index is 12.1. The van der Waals surface area contributed by atoms with E-state index < -0.39 is 24.0 Å². The lowest BCUT2D eigenvalue weighted by molar-refractivity contribution is -0.127. The van der Waals surface area contributed by atoms with Crippen molar-refractivity contribution < 1.29 is 19.1 Å². The van der Waals surface area contributed by atoms with E-state index in [0.29, 0.717) is 13.0 Å². The predicted molar refractivity (Wildman–Crippen MR) is 92.6 cm³/mol. The first-order valence-electron chi connectivity index (χ1n) is 8.81. The largest absolute Gasteiger partial charge is 0.448 e. The zero-order chi connectivity index (χ0) is 19.1. The normalized spacial score (nSPS) is 15.3. The van der Waals surface area contributed by atoms with Gasteiger partial charge in [-0.3, -0.25) is 14.9 Å². The number of imide groups is 1. The lowest BCUT2D eigenvalue weighted by Crippen LogP contribution is -2.47. The Morgan fingerprint density at radius 3 is 2.65 bits per heavy atom. The number of carbonyl (C=O) groups excluding carboxylic acids is 3. The van der Waals surface area contributed by atoms with Crippen molar-refractivity contribution in [2.24, 2.45) is 0 Å². The molecule has 0 aromatic carbocycles. The van der Waals surface area contributed by atoms with E-state index in [0.717, 1.165) is 30.4 Å². The maximum Gasteiger partial charge on any atom is 0.359 e. The van der Waals surface area contributed by atoms with Crippen LogP contribution in [-0.4, -0.2) is 39.8 Å². The number of carbonyl (C=O) groups is 3. The van der Waals surface area contributed by atoms with Crippen LogP contribution >= 0.6 is 0 Å². The van der Waals surface area contributed by atoms with Gasteiger partial charge in [0, 0.05) is 18.7 Å². The monoisotopic (exact) mass is 364 g/mol. The van der Waals surface area contributed by atoms with Crippen LogP contribution in [0.5, 0.6) is 0 Å². The molecule has 1 aromatic heterocycles. The molecular weight excluding hydrogens is 340 g/mol. The molecule has 9 nitrogen and oxygen atoms in total. The van der Waals surface area contributed by atoms with Gasteiger partial charge in [-0.1, -0.05) is 19.8 Å². The lowest BCUT2D eigenvalue weighted by Gasteiger charge is -2.15. The van der Waals surface area contributed by atoms with Crippen LogP contribution in [0.25, 0.3) is 0 Å². The van der Waals surface area contributed by atoms with E-state index >= 15 is 0 Å². The molecule has 0 bridgehead atoms. The molecule has 0 radical (unpaired) electrons. The molecular formula is C17H24N4O5. The summed E-state index contributed by atoms with van der Waals surface area (Å²) in [5.74, 6) is -1.57. The highest BCUT2D eigenvalue weighted by atomic mass is 16.5. The molecule has 0 saturated heterocycles. The van der Waals surface area contributed by atoms with E-state index in [1.54, 1.807) is 0 Å². The van der Waals surface area contributed by atoms with Crippen molar-refractivity contribution in [3.63, 3.8) is 0 Å². The van der Waals surface area contributed by atoms with Crippen molar-refractivity contribution in [2.75, 3.05) is 0 Å². The number of nitrogens with zero attached hydrogens (tertiary/aromatic N) is 2. The number of hydrogen-bond donors (Lipinski definition) is 2. The van der Waals surface area contributed by atoms with E-state index in [2.05, 4.69) is 15.7 Å². The first-order valence-corrected chi connectivity index (χ1v) is 8.81. The number of ether oxygens (including phenoxy) is 1. The van der Waals surface area contributed by atoms with Gasteiger partial charge in [-0.05, 0) is 32.3 Å². The first kappa shape index (κ1) is 19.6. The van der Waals surface area contributed by atoms with Crippen LogP contribution < -0.4 is 16.2 Å². The van der Waals surface area contributed by atoms with Crippen LogP contribution in [0, 0.1) is 0 Å². The van der Waals surface area contributed by atoms with Crippen LogP contribution in [-0.2, 0) is 16.1 Å². The number of nitrogens with one attached hydrogen (secondary N) is 2. The fourth-order valence-corrected chi connectivity index (χ4v) is 2.71. The summed E-state index contributed by atoms with van der Waals surface area (Å²) >= 11 is 0. The summed E-state index contributed by atoms with van der Waals surface area (Å²) in [6, 6.07) is 1.94. The molecule has 142 valence electrons. The second-order valence-electron chi connectivity index (χ2n) is 6.27. The van der Waals surface area contributed by atoms with Gasteiger partial charge in [0.25, 0.3) is 11.5 Å². The van der Waals surface area contributed by atoms with Crippen LogP contribution in [0.1, 0.15) is 56.4 Å². The van der Waals surface area contributed by atoms with Gasteiger partial charge >= 0.3 is 12.0 Å². The molecule has 1 heterocycles. The van der Waals surface area contributed by atoms with Crippen molar-refractivity contribution in [1.82, 2.24) is 20.4 Å². The molecule has 1 aliphatic rings. The minimum Gasteiger partial charge on any atom is -0.448 e. The molecule has 1 fully saturated rings. The summed E-state index contributed by atoms with van der Waals surface area (Å²) < 4.78 is 6.20. The number of hydrogen-bond acceptors (Lipinski definition) is 6. The maximum absolute atomic E-state index is 12.1. The third kappa shape index (κ3) is 5.40. The topological polar surface area (TPSA) is 119 Å². The quantitative estimate of drug-likeness (QED) is 0.726. The lowest BCUT2D eigenvalue weighted by atomic mass is 10.2. The smallest absolute Gasteiger partial charge is 0.359 e. The van der Waals surface area contributed by atoms with Gasteiger partial charge in [-0.15, -0.1) is 0 Å². The average molecular weight is 364 g/mol. The number of rotatable bonds is 6. The standard InChI is InChI=1S/C17H24N4O5/c1-3-10-21-14(22)9-8-13(20-21)16(24)26-11(2)15(23)19-17(25)18-12-6-4-5-7-12/h8-9,11-12H,3-7,10H2,1-2H3,(H2,18,19,23,25). The molecule has 0 aliphatic heterocycles. The van der Waals surface area contributed by atoms with Crippen LogP contribution in [0.3, 0.4) is 0 Å². The number of urea groups is 1. The molecule has 3 amide bonds. The summed E-state index contributed by atoms with van der Waals surface area (Å²) in [5, 5.41) is 8.80. The van der Waals surface area contributed by atoms with E-state index in [-0.39, 0.29) is 17.3 Å². The number of esters is 1. The highest BCUT2D eigenvalue weighted by molar-refractivity contribution is 5.98. The van der Waals surface area contributed by atoms with Gasteiger partial charge in [0.05, 0.1) is 0 Å². The predicted octanol–water partition coefficient (Wildman–Crippen LogP) is 0.967. The molecule has 1 unspecified atom stereocenters. The van der Waals surface area contributed by atoms with Gasteiger partial charge in [0.2, 0.25) is 0 Å². The van der Waals surface area contributed by atoms with E-state index in [4.69, 9.17) is 4.74 Å². The fourth-order valence-electron chi connectivity index (χ4n) is 2.71. The molecule has 26 heavy (non-hydrogen) atoms.